The van der Waals surface area contributed by atoms with Crippen molar-refractivity contribution in [2.24, 2.45) is 0 Å². The first-order valence-corrected chi connectivity index (χ1v) is 14.8. The number of carbonyl (C=O) groups is 3. The Kier molecular flexibility index (Phi) is 11.2. The molecule has 1 saturated heterocycles. The van der Waals surface area contributed by atoms with Gasteiger partial charge in [0.25, 0.3) is 11.8 Å². The Hall–Kier alpha value is -3.54. The van der Waals surface area contributed by atoms with Crippen LogP contribution in [0, 0.1) is 5.82 Å². The van der Waals surface area contributed by atoms with Gasteiger partial charge in [0, 0.05) is 24.2 Å². The van der Waals surface area contributed by atoms with E-state index >= 15 is 4.39 Å². The van der Waals surface area contributed by atoms with E-state index in [9.17, 15) is 14.4 Å². The van der Waals surface area contributed by atoms with Crippen molar-refractivity contribution in [1.29, 1.82) is 0 Å². The van der Waals surface area contributed by atoms with E-state index in [0.29, 0.717) is 11.6 Å². The Labute approximate surface area is 267 Å². The minimum atomic E-state index is -0.966. The Balaban J connectivity index is 1.65. The fourth-order valence-corrected chi connectivity index (χ4v) is 5.07. The molecule has 1 aliphatic rings. The number of carbonyl (C=O) groups excluding carboxylic acids is 3. The highest BCUT2D eigenvalue weighted by Crippen LogP contribution is 2.32. The van der Waals surface area contributed by atoms with Crippen LogP contribution in [0.25, 0.3) is 0 Å². The molecule has 3 rings (SSSR count). The standard InChI is InChI=1S/C31H39Cl2FN4O6/c1-9-12-37(18(2)3)25-11-10-19(13-23(25)33)27(39)35-36-28(40)21-14-24(34)26(15-22(21)32)42-16-20-17-43-31(7,8)38(20)29(41)44-30(4,5)6/h9-11,13-15,18,20H,1,12,16-17H2,2-8H3,(H,35,39)(H,36,40)/t20-/m0/s1. The van der Waals surface area contributed by atoms with Gasteiger partial charge < -0.3 is 19.1 Å². The van der Waals surface area contributed by atoms with Gasteiger partial charge in [-0.05, 0) is 72.7 Å². The molecular weight excluding hydrogens is 614 g/mol. The third-order valence-electron chi connectivity index (χ3n) is 6.62. The van der Waals surface area contributed by atoms with Crippen molar-refractivity contribution in [3.05, 3.63) is 70.0 Å². The highest BCUT2D eigenvalue weighted by molar-refractivity contribution is 6.34. The summed E-state index contributed by atoms with van der Waals surface area (Å²) in [5, 5.41) is 0.228. The van der Waals surface area contributed by atoms with Crippen LogP contribution in [0.2, 0.25) is 10.0 Å². The molecule has 1 atom stereocenters. The van der Waals surface area contributed by atoms with Crippen LogP contribution < -0.4 is 20.5 Å². The number of benzene rings is 2. The Bertz CT molecular complexity index is 1410. The highest BCUT2D eigenvalue weighted by Gasteiger charge is 2.46. The number of nitrogens with one attached hydrogen (secondary N) is 2. The predicted octanol–water partition coefficient (Wildman–Crippen LogP) is 6.36. The second-order valence-electron chi connectivity index (χ2n) is 11.9. The summed E-state index contributed by atoms with van der Waals surface area (Å²) >= 11 is 12.7. The van der Waals surface area contributed by atoms with Gasteiger partial charge >= 0.3 is 6.09 Å². The third-order valence-corrected chi connectivity index (χ3v) is 7.24. The fraction of sp³-hybridized carbons (Fsp3) is 0.452. The van der Waals surface area contributed by atoms with Gasteiger partial charge in [-0.3, -0.25) is 25.3 Å². The lowest BCUT2D eigenvalue weighted by Gasteiger charge is -2.35. The van der Waals surface area contributed by atoms with Crippen molar-refractivity contribution in [1.82, 2.24) is 15.8 Å². The molecule has 0 radical (unpaired) electrons. The summed E-state index contributed by atoms with van der Waals surface area (Å²) in [4.78, 5) is 41.7. The van der Waals surface area contributed by atoms with Crippen molar-refractivity contribution in [2.75, 3.05) is 24.7 Å². The third kappa shape index (κ3) is 8.55. The van der Waals surface area contributed by atoms with Crippen molar-refractivity contribution >= 4 is 46.8 Å². The average molecular weight is 654 g/mol. The van der Waals surface area contributed by atoms with E-state index in [0.717, 1.165) is 17.8 Å². The van der Waals surface area contributed by atoms with E-state index in [2.05, 4.69) is 17.4 Å². The molecule has 0 aromatic heterocycles. The Morgan fingerprint density at radius 1 is 1.16 bits per heavy atom. The SMILES string of the molecule is C=CCN(c1ccc(C(=O)NNC(=O)c2cc(F)c(OC[C@H]3COC(C)(C)N3C(=O)OC(C)(C)C)cc2Cl)cc1Cl)C(C)C. The number of hydrogen-bond donors (Lipinski definition) is 2. The molecule has 0 bridgehead atoms. The number of hydrazine groups is 1. The molecule has 1 fully saturated rings. The number of hydrogen-bond acceptors (Lipinski definition) is 7. The zero-order valence-electron chi connectivity index (χ0n) is 25.9. The number of rotatable bonds is 9. The first-order chi connectivity index (χ1) is 20.4. The molecule has 240 valence electrons. The second kappa shape index (κ2) is 14.0. The highest BCUT2D eigenvalue weighted by atomic mass is 35.5. The van der Waals surface area contributed by atoms with Crippen LogP contribution in [0.3, 0.4) is 0 Å². The van der Waals surface area contributed by atoms with Crippen LogP contribution in [0.4, 0.5) is 14.9 Å². The van der Waals surface area contributed by atoms with Crippen LogP contribution in [-0.2, 0) is 9.47 Å². The van der Waals surface area contributed by atoms with Crippen molar-refractivity contribution in [3.8, 4) is 5.75 Å². The lowest BCUT2D eigenvalue weighted by atomic mass is 10.1. The second-order valence-corrected chi connectivity index (χ2v) is 12.8. The van der Waals surface area contributed by atoms with Gasteiger partial charge in [-0.25, -0.2) is 9.18 Å². The summed E-state index contributed by atoms with van der Waals surface area (Å²) in [6.07, 6.45) is 1.16. The summed E-state index contributed by atoms with van der Waals surface area (Å²) in [5.41, 5.74) is 3.51. The smallest absolute Gasteiger partial charge is 0.413 e. The summed E-state index contributed by atoms with van der Waals surface area (Å²) in [6.45, 7) is 17.0. The van der Waals surface area contributed by atoms with Crippen LogP contribution in [-0.4, -0.2) is 66.0 Å². The van der Waals surface area contributed by atoms with Gasteiger partial charge in [0.15, 0.2) is 11.6 Å². The first kappa shape index (κ1) is 34.9. The van der Waals surface area contributed by atoms with Crippen LogP contribution in [0.15, 0.2) is 43.0 Å². The summed E-state index contributed by atoms with van der Waals surface area (Å²) in [7, 11) is 0. The summed E-state index contributed by atoms with van der Waals surface area (Å²) < 4.78 is 31.9. The molecule has 0 saturated carbocycles. The van der Waals surface area contributed by atoms with Gasteiger partial charge in [0.2, 0.25) is 0 Å². The van der Waals surface area contributed by atoms with Gasteiger partial charge in [0.05, 0.1) is 33.9 Å². The van der Waals surface area contributed by atoms with Gasteiger partial charge in [-0.15, -0.1) is 6.58 Å². The fourth-order valence-electron chi connectivity index (χ4n) is 4.55. The van der Waals surface area contributed by atoms with Crippen molar-refractivity contribution < 1.29 is 33.0 Å². The number of halogens is 3. The van der Waals surface area contributed by atoms with E-state index in [1.54, 1.807) is 52.8 Å². The zero-order valence-corrected chi connectivity index (χ0v) is 27.4. The molecule has 13 heteroatoms. The molecule has 2 aromatic carbocycles. The van der Waals surface area contributed by atoms with Crippen LogP contribution >= 0.6 is 23.2 Å². The number of nitrogens with zero attached hydrogens (tertiary/aromatic N) is 2. The quantitative estimate of drug-likeness (QED) is 0.240. The minimum Gasteiger partial charge on any atom is -0.488 e. The molecule has 3 amide bonds. The maximum Gasteiger partial charge on any atom is 0.413 e. The summed E-state index contributed by atoms with van der Waals surface area (Å²) in [6, 6.07) is 6.37. The molecule has 44 heavy (non-hydrogen) atoms. The maximum atomic E-state index is 15.0. The lowest BCUT2D eigenvalue weighted by Crippen LogP contribution is -2.51. The predicted molar refractivity (Wildman–Crippen MR) is 168 cm³/mol. The Morgan fingerprint density at radius 2 is 1.82 bits per heavy atom. The monoisotopic (exact) mass is 652 g/mol. The number of amides is 3. The number of anilines is 1. The Morgan fingerprint density at radius 3 is 2.41 bits per heavy atom. The maximum absolute atomic E-state index is 15.0. The van der Waals surface area contributed by atoms with Gasteiger partial charge in [0.1, 0.15) is 17.9 Å². The molecule has 10 nitrogen and oxygen atoms in total. The molecule has 0 spiro atoms. The molecule has 1 aliphatic heterocycles. The van der Waals surface area contributed by atoms with E-state index in [1.165, 1.54) is 11.0 Å². The normalized spacial score (nSPS) is 16.0. The molecular formula is C31H39Cl2FN4O6. The van der Waals surface area contributed by atoms with E-state index in [-0.39, 0.29) is 41.2 Å². The van der Waals surface area contributed by atoms with Crippen molar-refractivity contribution in [3.63, 3.8) is 0 Å². The van der Waals surface area contributed by atoms with Crippen LogP contribution in [0.1, 0.15) is 69.2 Å². The topological polar surface area (TPSA) is 109 Å². The molecule has 0 unspecified atom stereocenters. The minimum absolute atomic E-state index is 0.122. The average Bonchev–Trinajstić information content (AvgIpc) is 3.23. The van der Waals surface area contributed by atoms with Gasteiger partial charge in [-0.2, -0.15) is 0 Å². The first-order valence-electron chi connectivity index (χ1n) is 14.0. The molecule has 2 aromatic rings. The molecule has 1 heterocycles. The number of ether oxygens (including phenoxy) is 3. The van der Waals surface area contributed by atoms with E-state index < -0.39 is 41.1 Å². The van der Waals surface area contributed by atoms with E-state index in [4.69, 9.17) is 37.4 Å². The van der Waals surface area contributed by atoms with Crippen LogP contribution in [0.5, 0.6) is 5.75 Å². The van der Waals surface area contributed by atoms with Crippen molar-refractivity contribution in [2.45, 2.75) is 71.9 Å². The summed E-state index contributed by atoms with van der Waals surface area (Å²) in [5.74, 6) is -2.59. The van der Waals surface area contributed by atoms with Gasteiger partial charge in [-0.1, -0.05) is 29.3 Å². The zero-order chi connectivity index (χ0) is 33.0. The van der Waals surface area contributed by atoms with E-state index in [1.807, 2.05) is 18.7 Å². The lowest BCUT2D eigenvalue weighted by molar-refractivity contribution is -0.0637. The largest absolute Gasteiger partial charge is 0.488 e. The molecule has 2 N–H and O–H groups in total. The molecule has 0 aliphatic carbocycles.